The number of halogens is 1. The number of epoxide rings is 1. The van der Waals surface area contributed by atoms with Crippen LogP contribution in [0.1, 0.15) is 31.4 Å². The normalized spacial score (nSPS) is 20.5. The van der Waals surface area contributed by atoms with Crippen LogP contribution >= 0.6 is 11.6 Å². The van der Waals surface area contributed by atoms with Crippen molar-refractivity contribution in [2.75, 3.05) is 0 Å². The molecule has 0 aromatic heterocycles. The van der Waals surface area contributed by atoms with E-state index in [-0.39, 0.29) is 11.9 Å². The summed E-state index contributed by atoms with van der Waals surface area (Å²) in [6.07, 6.45) is 0.365. The molecule has 0 radical (unpaired) electrons. The van der Waals surface area contributed by atoms with Gasteiger partial charge < -0.3 is 19.7 Å². The zero-order valence-electron chi connectivity index (χ0n) is 17.9. The van der Waals surface area contributed by atoms with E-state index >= 15 is 0 Å². The first-order valence-corrected chi connectivity index (χ1v) is 10.9. The van der Waals surface area contributed by atoms with Gasteiger partial charge in [0, 0.05) is 5.56 Å². The van der Waals surface area contributed by atoms with Gasteiger partial charge in [0.1, 0.15) is 23.7 Å². The highest BCUT2D eigenvalue weighted by Crippen LogP contribution is 2.53. The van der Waals surface area contributed by atoms with Crippen molar-refractivity contribution in [3.8, 4) is 22.6 Å². The molecule has 166 valence electrons. The first-order valence-electron chi connectivity index (χ1n) is 10.6. The summed E-state index contributed by atoms with van der Waals surface area (Å²) in [6.45, 7) is 4.14. The van der Waals surface area contributed by atoms with E-state index in [0.717, 1.165) is 22.3 Å². The van der Waals surface area contributed by atoms with Crippen LogP contribution < -0.4 is 4.74 Å². The number of hydrogen-bond donors (Lipinski definition) is 2. The van der Waals surface area contributed by atoms with E-state index in [1.165, 1.54) is 6.07 Å². The lowest BCUT2D eigenvalue weighted by atomic mass is 9.81. The van der Waals surface area contributed by atoms with Gasteiger partial charge in [-0.3, -0.25) is 4.79 Å². The Morgan fingerprint density at radius 2 is 1.88 bits per heavy atom. The first-order chi connectivity index (χ1) is 15.3. The Bertz CT molecular complexity index is 1130. The Labute approximate surface area is 192 Å². The van der Waals surface area contributed by atoms with Crippen LogP contribution in [0.25, 0.3) is 11.1 Å². The molecule has 2 N–H and O–H groups in total. The second-order valence-electron chi connectivity index (χ2n) is 8.03. The Kier molecular flexibility index (Phi) is 6.13. The lowest BCUT2D eigenvalue weighted by molar-refractivity contribution is -0.144. The summed E-state index contributed by atoms with van der Waals surface area (Å²) in [7, 11) is 0. The second kappa shape index (κ2) is 8.85. The predicted octanol–water partition coefficient (Wildman–Crippen LogP) is 6.02. The second-order valence-corrected chi connectivity index (χ2v) is 8.44. The highest BCUT2D eigenvalue weighted by Gasteiger charge is 2.61. The van der Waals surface area contributed by atoms with Crippen LogP contribution in [0.15, 0.2) is 66.7 Å². The Balaban J connectivity index is 1.47. The fourth-order valence-electron chi connectivity index (χ4n) is 4.33. The van der Waals surface area contributed by atoms with Gasteiger partial charge in [0.15, 0.2) is 0 Å². The summed E-state index contributed by atoms with van der Waals surface area (Å²) >= 11 is 6.27. The van der Waals surface area contributed by atoms with Crippen molar-refractivity contribution in [3.05, 3.63) is 82.9 Å². The van der Waals surface area contributed by atoms with Crippen molar-refractivity contribution < 1.29 is 24.5 Å². The molecule has 4 rings (SSSR count). The van der Waals surface area contributed by atoms with Crippen molar-refractivity contribution in [1.82, 2.24) is 0 Å². The molecule has 0 aliphatic carbocycles. The molecule has 1 saturated heterocycles. The molecule has 6 heteroatoms. The topological polar surface area (TPSA) is 79.3 Å². The molecule has 0 bridgehead atoms. The van der Waals surface area contributed by atoms with Crippen LogP contribution in [0.5, 0.6) is 11.5 Å². The van der Waals surface area contributed by atoms with Crippen LogP contribution in [-0.2, 0) is 21.7 Å². The maximum Gasteiger partial charge on any atom is 0.309 e. The zero-order chi connectivity index (χ0) is 22.9. The summed E-state index contributed by atoms with van der Waals surface area (Å²) in [5.74, 6) is -0.610. The molecule has 3 unspecified atom stereocenters. The Morgan fingerprint density at radius 1 is 1.16 bits per heavy atom. The van der Waals surface area contributed by atoms with Crippen LogP contribution in [0, 0.1) is 5.92 Å². The van der Waals surface area contributed by atoms with Gasteiger partial charge in [-0.2, -0.15) is 0 Å². The van der Waals surface area contributed by atoms with Gasteiger partial charge in [0.05, 0.1) is 17.0 Å². The summed E-state index contributed by atoms with van der Waals surface area (Å²) < 4.78 is 11.7. The van der Waals surface area contributed by atoms with E-state index < -0.39 is 17.5 Å². The minimum atomic E-state index is -0.842. The van der Waals surface area contributed by atoms with Gasteiger partial charge in [-0.1, -0.05) is 48.9 Å². The van der Waals surface area contributed by atoms with E-state index in [1.54, 1.807) is 12.1 Å². The lowest BCUT2D eigenvalue weighted by Crippen LogP contribution is -2.30. The van der Waals surface area contributed by atoms with Gasteiger partial charge in [-0.15, -0.1) is 0 Å². The minimum Gasteiger partial charge on any atom is -0.508 e. The number of carbonyl (C=O) groups is 1. The molecule has 3 aromatic carbocycles. The maximum atomic E-state index is 11.7. The third-order valence-corrected chi connectivity index (χ3v) is 6.36. The van der Waals surface area contributed by atoms with Gasteiger partial charge in [-0.25, -0.2) is 0 Å². The highest BCUT2D eigenvalue weighted by molar-refractivity contribution is 6.33. The van der Waals surface area contributed by atoms with Gasteiger partial charge in [0.25, 0.3) is 0 Å². The van der Waals surface area contributed by atoms with E-state index in [4.69, 9.17) is 21.1 Å². The molecule has 0 saturated carbocycles. The van der Waals surface area contributed by atoms with Crippen LogP contribution in [0.3, 0.4) is 0 Å². The number of benzene rings is 3. The number of aromatic hydroxyl groups is 1. The smallest absolute Gasteiger partial charge is 0.309 e. The fourth-order valence-corrected chi connectivity index (χ4v) is 4.62. The summed E-state index contributed by atoms with van der Waals surface area (Å²) in [4.78, 5) is 11.7. The first kappa shape index (κ1) is 22.2. The molecule has 3 aromatic rings. The lowest BCUT2D eigenvalue weighted by Gasteiger charge is -2.20. The number of hydrogen-bond acceptors (Lipinski definition) is 4. The number of carboxylic acids is 1. The monoisotopic (exact) mass is 452 g/mol. The summed E-state index contributed by atoms with van der Waals surface area (Å²) in [5.41, 5.74) is 2.84. The molecule has 1 aliphatic rings. The SMILES string of the molecule is CCC(C(=O)O)C1(c2ccc(OCc3cccc(-c4ccc(O)cc4Cl)c3)cc2)OC1C. The number of ether oxygens (including phenoxy) is 2. The number of aliphatic carboxylic acids is 1. The minimum absolute atomic E-state index is 0.128. The Morgan fingerprint density at radius 3 is 2.47 bits per heavy atom. The van der Waals surface area contributed by atoms with E-state index in [0.29, 0.717) is 23.8 Å². The number of phenols is 1. The van der Waals surface area contributed by atoms with Crippen molar-refractivity contribution in [3.63, 3.8) is 0 Å². The predicted molar refractivity (Wildman–Crippen MR) is 123 cm³/mol. The molecule has 5 nitrogen and oxygen atoms in total. The molecule has 3 atom stereocenters. The Hall–Kier alpha value is -3.02. The molecule has 0 amide bonds. The van der Waals surface area contributed by atoms with Crippen molar-refractivity contribution in [1.29, 1.82) is 0 Å². The molecular formula is C26H25ClO5. The maximum absolute atomic E-state index is 11.7. The number of carboxylic acid groups (broad SMARTS) is 1. The standard InChI is InChI=1S/C26H25ClO5/c1-3-23(25(29)30)26(16(2)32-26)19-7-10-21(11-8-19)31-15-17-5-4-6-18(13-17)22-12-9-20(28)14-24(22)27/h4-14,16,23,28H,3,15H2,1-2H3,(H,29,30). The summed E-state index contributed by atoms with van der Waals surface area (Å²) in [6, 6.07) is 20.2. The summed E-state index contributed by atoms with van der Waals surface area (Å²) in [5, 5.41) is 19.7. The zero-order valence-corrected chi connectivity index (χ0v) is 18.7. The van der Waals surface area contributed by atoms with Gasteiger partial charge in [-0.05, 0) is 66.4 Å². The van der Waals surface area contributed by atoms with Gasteiger partial charge in [0.2, 0.25) is 0 Å². The van der Waals surface area contributed by atoms with Crippen LogP contribution in [-0.4, -0.2) is 22.3 Å². The van der Waals surface area contributed by atoms with E-state index in [2.05, 4.69) is 0 Å². The molecule has 1 fully saturated rings. The van der Waals surface area contributed by atoms with Gasteiger partial charge >= 0.3 is 5.97 Å². The third-order valence-electron chi connectivity index (χ3n) is 6.04. The number of rotatable bonds is 8. The molecule has 1 aliphatic heterocycles. The molecule has 0 spiro atoms. The highest BCUT2D eigenvalue weighted by atomic mass is 35.5. The quantitative estimate of drug-likeness (QED) is 0.409. The van der Waals surface area contributed by atoms with E-state index in [1.807, 2.05) is 62.4 Å². The number of phenolic OH excluding ortho intramolecular Hbond substituents is 1. The van der Waals surface area contributed by atoms with Crippen LogP contribution in [0.2, 0.25) is 5.02 Å². The average Bonchev–Trinajstić information content (AvgIpc) is 3.44. The molecule has 32 heavy (non-hydrogen) atoms. The fraction of sp³-hybridized carbons (Fsp3) is 0.269. The van der Waals surface area contributed by atoms with E-state index in [9.17, 15) is 15.0 Å². The van der Waals surface area contributed by atoms with Crippen LogP contribution in [0.4, 0.5) is 0 Å². The van der Waals surface area contributed by atoms with Crippen molar-refractivity contribution >= 4 is 17.6 Å². The largest absolute Gasteiger partial charge is 0.508 e. The average molecular weight is 453 g/mol. The molecule has 1 heterocycles. The molecular weight excluding hydrogens is 428 g/mol. The third kappa shape index (κ3) is 4.18. The van der Waals surface area contributed by atoms with Crippen molar-refractivity contribution in [2.45, 2.75) is 38.6 Å². The van der Waals surface area contributed by atoms with Crippen molar-refractivity contribution in [2.24, 2.45) is 5.92 Å².